The molecule has 0 aromatic heterocycles. The number of ether oxygens (including phenoxy) is 1. The maximum absolute atomic E-state index is 6.14. The highest BCUT2D eigenvalue weighted by Crippen LogP contribution is 2.40. The molecule has 2 aliphatic rings. The van der Waals surface area contributed by atoms with Gasteiger partial charge >= 0.3 is 0 Å². The summed E-state index contributed by atoms with van der Waals surface area (Å²) < 4.78 is 5.43. The Hall–Kier alpha value is -0.0800. The van der Waals surface area contributed by atoms with Crippen molar-refractivity contribution in [3.8, 4) is 0 Å². The number of nitrogens with two attached hydrogens (primary N) is 1. The molecule has 2 saturated carbocycles. The van der Waals surface area contributed by atoms with Crippen molar-refractivity contribution in [2.45, 2.75) is 50.7 Å². The molecular formula is C11H21NO. The van der Waals surface area contributed by atoms with Gasteiger partial charge in [0.2, 0.25) is 0 Å². The lowest BCUT2D eigenvalue weighted by atomic mass is 9.68. The summed E-state index contributed by atoms with van der Waals surface area (Å²) in [6, 6.07) is 0.483. The molecule has 4 atom stereocenters. The van der Waals surface area contributed by atoms with E-state index in [4.69, 9.17) is 10.5 Å². The second-order valence-corrected chi connectivity index (χ2v) is 4.69. The number of rotatable bonds is 1. The maximum atomic E-state index is 6.14. The van der Waals surface area contributed by atoms with Crippen molar-refractivity contribution in [1.29, 1.82) is 0 Å². The van der Waals surface area contributed by atoms with E-state index in [0.717, 1.165) is 11.8 Å². The van der Waals surface area contributed by atoms with Gasteiger partial charge in [0.05, 0.1) is 6.10 Å². The number of methoxy groups -OCH3 is 1. The molecule has 0 saturated heterocycles. The van der Waals surface area contributed by atoms with Crippen molar-refractivity contribution in [2.24, 2.45) is 17.6 Å². The summed E-state index contributed by atoms with van der Waals surface area (Å²) in [6.07, 6.45) is 8.27. The summed E-state index contributed by atoms with van der Waals surface area (Å²) >= 11 is 0. The van der Waals surface area contributed by atoms with E-state index in [1.807, 2.05) is 7.11 Å². The molecule has 0 amide bonds. The molecular weight excluding hydrogens is 162 g/mol. The lowest BCUT2D eigenvalue weighted by molar-refractivity contribution is 0.00968. The summed E-state index contributed by atoms with van der Waals surface area (Å²) in [5.74, 6) is 1.67. The Morgan fingerprint density at radius 2 is 2.00 bits per heavy atom. The second kappa shape index (κ2) is 3.97. The van der Waals surface area contributed by atoms with Gasteiger partial charge in [0, 0.05) is 13.2 Å². The quantitative estimate of drug-likeness (QED) is 0.674. The first kappa shape index (κ1) is 9.47. The van der Waals surface area contributed by atoms with Gasteiger partial charge < -0.3 is 10.5 Å². The van der Waals surface area contributed by atoms with Gasteiger partial charge in [0.15, 0.2) is 0 Å². The minimum atomic E-state index is 0.483. The van der Waals surface area contributed by atoms with Crippen LogP contribution >= 0.6 is 0 Å². The van der Waals surface area contributed by atoms with E-state index in [1.54, 1.807) is 0 Å². The van der Waals surface area contributed by atoms with Crippen molar-refractivity contribution < 1.29 is 4.74 Å². The zero-order valence-corrected chi connectivity index (χ0v) is 8.54. The molecule has 2 N–H and O–H groups in total. The molecule has 0 spiro atoms. The summed E-state index contributed by atoms with van der Waals surface area (Å²) in [6.45, 7) is 0. The third-order valence-electron chi connectivity index (χ3n) is 3.99. The lowest BCUT2D eigenvalue weighted by Gasteiger charge is -2.42. The minimum absolute atomic E-state index is 0.483. The first-order chi connectivity index (χ1) is 6.31. The Morgan fingerprint density at radius 3 is 2.77 bits per heavy atom. The molecule has 0 aromatic rings. The van der Waals surface area contributed by atoms with Gasteiger partial charge in [0.1, 0.15) is 0 Å². The minimum Gasteiger partial charge on any atom is -0.381 e. The summed E-state index contributed by atoms with van der Waals surface area (Å²) in [5, 5.41) is 0. The van der Waals surface area contributed by atoms with Crippen molar-refractivity contribution in [1.82, 2.24) is 0 Å². The highest BCUT2D eigenvalue weighted by molar-refractivity contribution is 4.89. The van der Waals surface area contributed by atoms with Crippen LogP contribution < -0.4 is 5.73 Å². The van der Waals surface area contributed by atoms with Gasteiger partial charge in [0.25, 0.3) is 0 Å². The molecule has 2 heteroatoms. The zero-order valence-electron chi connectivity index (χ0n) is 8.54. The maximum Gasteiger partial charge on any atom is 0.0574 e. The van der Waals surface area contributed by atoms with Gasteiger partial charge in [-0.05, 0) is 43.9 Å². The first-order valence-corrected chi connectivity index (χ1v) is 5.59. The zero-order chi connectivity index (χ0) is 9.26. The molecule has 0 radical (unpaired) electrons. The van der Waals surface area contributed by atoms with Crippen LogP contribution in [-0.2, 0) is 4.74 Å². The molecule has 2 aliphatic carbocycles. The fraction of sp³-hybridized carbons (Fsp3) is 1.00. The largest absolute Gasteiger partial charge is 0.381 e. The Kier molecular flexibility index (Phi) is 2.89. The molecule has 0 aliphatic heterocycles. The van der Waals surface area contributed by atoms with Crippen LogP contribution in [0.4, 0.5) is 0 Å². The van der Waals surface area contributed by atoms with Gasteiger partial charge in [-0.1, -0.05) is 6.42 Å². The van der Waals surface area contributed by atoms with Crippen LogP contribution in [0.1, 0.15) is 38.5 Å². The Bertz CT molecular complexity index is 171. The van der Waals surface area contributed by atoms with E-state index in [2.05, 4.69) is 0 Å². The highest BCUT2D eigenvalue weighted by Gasteiger charge is 2.36. The van der Waals surface area contributed by atoms with Gasteiger partial charge in [-0.2, -0.15) is 0 Å². The average Bonchev–Trinajstić information content (AvgIpc) is 2.18. The molecule has 2 fully saturated rings. The SMILES string of the molecule is COC1CCC2C(N)CCCC2C1. The topological polar surface area (TPSA) is 35.2 Å². The second-order valence-electron chi connectivity index (χ2n) is 4.69. The summed E-state index contributed by atoms with van der Waals surface area (Å²) in [4.78, 5) is 0. The van der Waals surface area contributed by atoms with Crippen LogP contribution in [0.2, 0.25) is 0 Å². The Labute approximate surface area is 80.8 Å². The standard InChI is InChI=1S/C11H21NO/c1-13-9-5-6-10-8(7-9)3-2-4-11(10)12/h8-11H,2-7,12H2,1H3. The summed E-state index contributed by atoms with van der Waals surface area (Å²) in [5.41, 5.74) is 6.14. The first-order valence-electron chi connectivity index (χ1n) is 5.59. The molecule has 0 aromatic carbocycles. The van der Waals surface area contributed by atoms with Gasteiger partial charge in [-0.3, -0.25) is 0 Å². The predicted molar refractivity (Wildman–Crippen MR) is 53.5 cm³/mol. The molecule has 4 unspecified atom stereocenters. The summed E-state index contributed by atoms with van der Waals surface area (Å²) in [7, 11) is 1.84. The van der Waals surface area contributed by atoms with E-state index in [9.17, 15) is 0 Å². The average molecular weight is 183 g/mol. The van der Waals surface area contributed by atoms with Crippen LogP contribution in [0.5, 0.6) is 0 Å². The molecule has 0 heterocycles. The van der Waals surface area contributed by atoms with E-state index >= 15 is 0 Å². The Morgan fingerprint density at radius 1 is 1.15 bits per heavy atom. The molecule has 2 rings (SSSR count). The van der Waals surface area contributed by atoms with Crippen molar-refractivity contribution >= 4 is 0 Å². The third kappa shape index (κ3) is 1.89. The predicted octanol–water partition coefficient (Wildman–Crippen LogP) is 1.93. The van der Waals surface area contributed by atoms with Crippen LogP contribution in [0.25, 0.3) is 0 Å². The Balaban J connectivity index is 1.95. The van der Waals surface area contributed by atoms with E-state index in [1.165, 1.54) is 38.5 Å². The van der Waals surface area contributed by atoms with Gasteiger partial charge in [-0.25, -0.2) is 0 Å². The fourth-order valence-electron chi connectivity index (χ4n) is 3.18. The lowest BCUT2D eigenvalue weighted by Crippen LogP contribution is -2.43. The van der Waals surface area contributed by atoms with Crippen molar-refractivity contribution in [3.05, 3.63) is 0 Å². The van der Waals surface area contributed by atoms with E-state index < -0.39 is 0 Å². The molecule has 0 bridgehead atoms. The molecule has 2 nitrogen and oxygen atoms in total. The fourth-order valence-corrected chi connectivity index (χ4v) is 3.18. The molecule has 76 valence electrons. The van der Waals surface area contributed by atoms with Crippen molar-refractivity contribution in [3.63, 3.8) is 0 Å². The normalized spacial score (nSPS) is 45.7. The smallest absolute Gasteiger partial charge is 0.0574 e. The molecule has 13 heavy (non-hydrogen) atoms. The number of hydrogen-bond donors (Lipinski definition) is 1. The monoisotopic (exact) mass is 183 g/mol. The van der Waals surface area contributed by atoms with Crippen LogP contribution in [0.15, 0.2) is 0 Å². The highest BCUT2D eigenvalue weighted by atomic mass is 16.5. The third-order valence-corrected chi connectivity index (χ3v) is 3.99. The van der Waals surface area contributed by atoms with Gasteiger partial charge in [-0.15, -0.1) is 0 Å². The van der Waals surface area contributed by atoms with E-state index in [-0.39, 0.29) is 0 Å². The van der Waals surface area contributed by atoms with Crippen LogP contribution in [0.3, 0.4) is 0 Å². The van der Waals surface area contributed by atoms with Crippen LogP contribution in [0, 0.1) is 11.8 Å². The van der Waals surface area contributed by atoms with E-state index in [0.29, 0.717) is 12.1 Å². The number of fused-ring (bicyclic) bond motifs is 1. The van der Waals surface area contributed by atoms with Crippen LogP contribution in [-0.4, -0.2) is 19.3 Å². The number of hydrogen-bond acceptors (Lipinski definition) is 2. The van der Waals surface area contributed by atoms with Crippen molar-refractivity contribution in [2.75, 3.05) is 7.11 Å².